The first-order valence-corrected chi connectivity index (χ1v) is 7.38. The molecule has 0 fully saturated rings. The highest BCUT2D eigenvalue weighted by Gasteiger charge is 2.23. The van der Waals surface area contributed by atoms with Crippen LogP contribution in [0.15, 0.2) is 31.9 Å². The number of hydrogen-bond donors (Lipinski definition) is 2. The van der Waals surface area contributed by atoms with Crippen molar-refractivity contribution >= 4 is 55.9 Å². The van der Waals surface area contributed by atoms with E-state index in [2.05, 4.69) is 52.6 Å². The Morgan fingerprint density at radius 3 is 3.00 bits per heavy atom. The van der Waals surface area contributed by atoms with Crippen LogP contribution in [0.4, 0.5) is 0 Å². The summed E-state index contributed by atoms with van der Waals surface area (Å²) in [5.41, 5.74) is 3.07. The summed E-state index contributed by atoms with van der Waals surface area (Å²) in [6, 6.07) is 3.29. The van der Waals surface area contributed by atoms with E-state index >= 15 is 0 Å². The fraction of sp³-hybridized carbons (Fsp3) is 0.167. The van der Waals surface area contributed by atoms with Crippen molar-refractivity contribution in [2.75, 3.05) is 7.11 Å². The van der Waals surface area contributed by atoms with Gasteiger partial charge in [0.1, 0.15) is 10.5 Å². The molecule has 1 atom stereocenters. The molecule has 0 radical (unpaired) electrons. The number of hydrazone groups is 1. The lowest BCUT2D eigenvalue weighted by Gasteiger charge is -2.11. The number of alkyl halides is 1. The second kappa shape index (κ2) is 6.81. The molecule has 1 heterocycles. The van der Waals surface area contributed by atoms with Gasteiger partial charge in [-0.25, -0.2) is 5.43 Å². The molecule has 1 aliphatic rings. The summed E-state index contributed by atoms with van der Waals surface area (Å²) in [4.78, 5) is 10.7. The number of ether oxygens (including phenoxy) is 1. The summed E-state index contributed by atoms with van der Waals surface area (Å²) in [5.74, 6) is -0.0519. The summed E-state index contributed by atoms with van der Waals surface area (Å²) in [6.45, 7) is 0. The van der Waals surface area contributed by atoms with Crippen LogP contribution in [0, 0.1) is 0 Å². The predicted molar refractivity (Wildman–Crippen MR) is 86.7 cm³/mol. The van der Waals surface area contributed by atoms with Crippen molar-refractivity contribution in [1.82, 2.24) is 5.43 Å². The molecule has 2 rings (SSSR count). The van der Waals surface area contributed by atoms with E-state index in [9.17, 15) is 9.90 Å². The Hall–Kier alpha value is -1.74. The third-order valence-corrected chi connectivity index (χ3v) is 3.86. The fourth-order valence-corrected chi connectivity index (χ4v) is 2.27. The number of rotatable bonds is 3. The molecule has 0 aliphatic carbocycles. The standard InChI is InChI=1S/C12H10Br2N4O3/c1-21-9-3-7(13)2-6(11(9)19)4-15-17-8-5-16-18-12(20)10(8)14/h2-5,10,19H,1H3,(H,18,20)/b15-4+,17-8-. The fourth-order valence-electron chi connectivity index (χ4n) is 1.50. The molecule has 7 nitrogen and oxygen atoms in total. The average Bonchev–Trinajstić information content (AvgIpc) is 2.46. The number of amides is 1. The monoisotopic (exact) mass is 416 g/mol. The van der Waals surface area contributed by atoms with E-state index in [0.29, 0.717) is 17.0 Å². The van der Waals surface area contributed by atoms with Gasteiger partial charge in [-0.1, -0.05) is 31.9 Å². The molecule has 1 amide bonds. The maximum absolute atomic E-state index is 11.4. The molecule has 0 saturated carbocycles. The van der Waals surface area contributed by atoms with Crippen molar-refractivity contribution < 1.29 is 14.6 Å². The molecule has 1 aliphatic heterocycles. The highest BCUT2D eigenvalue weighted by atomic mass is 79.9. The number of halogens is 2. The van der Waals surface area contributed by atoms with Gasteiger partial charge in [0.05, 0.1) is 19.5 Å². The first kappa shape index (κ1) is 15.6. The molecule has 0 spiro atoms. The summed E-state index contributed by atoms with van der Waals surface area (Å²) in [5, 5.41) is 21.3. The smallest absolute Gasteiger partial charge is 0.260 e. The number of methoxy groups -OCH3 is 1. The van der Waals surface area contributed by atoms with E-state index < -0.39 is 4.83 Å². The van der Waals surface area contributed by atoms with Crippen molar-refractivity contribution in [3.63, 3.8) is 0 Å². The maximum atomic E-state index is 11.4. The summed E-state index contributed by atoms with van der Waals surface area (Å²) in [6.07, 6.45) is 2.75. The van der Waals surface area contributed by atoms with Crippen LogP contribution in [0.3, 0.4) is 0 Å². The average molecular weight is 418 g/mol. The molecule has 1 aromatic carbocycles. The lowest BCUT2D eigenvalue weighted by Crippen LogP contribution is -2.38. The summed E-state index contributed by atoms with van der Waals surface area (Å²) >= 11 is 6.47. The number of carbonyl (C=O) groups is 1. The zero-order valence-electron chi connectivity index (χ0n) is 10.7. The zero-order chi connectivity index (χ0) is 15.4. The van der Waals surface area contributed by atoms with Gasteiger partial charge in [-0.3, -0.25) is 4.79 Å². The van der Waals surface area contributed by atoms with Crippen molar-refractivity contribution in [3.8, 4) is 11.5 Å². The van der Waals surface area contributed by atoms with E-state index in [1.165, 1.54) is 19.5 Å². The number of phenols is 1. The lowest BCUT2D eigenvalue weighted by atomic mass is 10.2. The second-order valence-corrected chi connectivity index (χ2v) is 5.74. The number of hydrogen-bond acceptors (Lipinski definition) is 6. The molecular weight excluding hydrogens is 408 g/mol. The van der Waals surface area contributed by atoms with Crippen molar-refractivity contribution in [2.24, 2.45) is 15.3 Å². The van der Waals surface area contributed by atoms with Gasteiger partial charge in [0.15, 0.2) is 11.5 Å². The minimum Gasteiger partial charge on any atom is -0.504 e. The zero-order valence-corrected chi connectivity index (χ0v) is 13.9. The normalized spacial score (nSPS) is 20.0. The molecule has 9 heteroatoms. The van der Waals surface area contributed by atoms with Crippen molar-refractivity contribution in [3.05, 3.63) is 22.2 Å². The Labute approximate surface area is 137 Å². The largest absolute Gasteiger partial charge is 0.504 e. The van der Waals surface area contributed by atoms with E-state index in [1.807, 2.05) is 0 Å². The van der Waals surface area contributed by atoms with Gasteiger partial charge in [-0.05, 0) is 12.1 Å². The topological polar surface area (TPSA) is 95.6 Å². The van der Waals surface area contributed by atoms with Crippen LogP contribution in [0.25, 0.3) is 0 Å². The number of benzene rings is 1. The Bertz CT molecular complexity index is 658. The van der Waals surface area contributed by atoms with Crippen LogP contribution in [-0.2, 0) is 4.79 Å². The van der Waals surface area contributed by atoms with Crippen LogP contribution >= 0.6 is 31.9 Å². The van der Waals surface area contributed by atoms with Gasteiger partial charge in [-0.15, -0.1) is 0 Å². The Morgan fingerprint density at radius 1 is 1.52 bits per heavy atom. The first-order valence-electron chi connectivity index (χ1n) is 5.67. The third-order valence-electron chi connectivity index (χ3n) is 2.52. The minimum atomic E-state index is -0.613. The summed E-state index contributed by atoms with van der Waals surface area (Å²) in [7, 11) is 1.45. The van der Waals surface area contributed by atoms with Crippen LogP contribution in [-0.4, -0.2) is 41.1 Å². The Balaban J connectivity index is 2.26. The minimum absolute atomic E-state index is 0.0462. The molecule has 0 saturated heterocycles. The van der Waals surface area contributed by atoms with Crippen LogP contribution in [0.5, 0.6) is 11.5 Å². The molecular formula is C12H10Br2N4O3. The maximum Gasteiger partial charge on any atom is 0.260 e. The van der Waals surface area contributed by atoms with Crippen molar-refractivity contribution in [1.29, 1.82) is 0 Å². The van der Waals surface area contributed by atoms with Crippen molar-refractivity contribution in [2.45, 2.75) is 4.83 Å². The van der Waals surface area contributed by atoms with Gasteiger partial charge < -0.3 is 9.84 Å². The third kappa shape index (κ3) is 3.67. The molecule has 0 bridgehead atoms. The molecule has 21 heavy (non-hydrogen) atoms. The van der Waals surface area contributed by atoms with E-state index in [4.69, 9.17) is 4.74 Å². The molecule has 110 valence electrons. The number of carbonyl (C=O) groups excluding carboxylic acids is 1. The van der Waals surface area contributed by atoms with Gasteiger partial charge in [-0.2, -0.15) is 15.3 Å². The van der Waals surface area contributed by atoms with Gasteiger partial charge in [0.25, 0.3) is 5.91 Å². The van der Waals surface area contributed by atoms with E-state index in [0.717, 1.165) is 4.47 Å². The quantitative estimate of drug-likeness (QED) is 0.446. The Kier molecular flexibility index (Phi) is 5.07. The molecule has 1 unspecified atom stereocenters. The number of nitrogens with zero attached hydrogens (tertiary/aromatic N) is 3. The SMILES string of the molecule is COc1cc(Br)cc(/C=N/N=C2/C=NNC(=O)C2Br)c1O. The summed E-state index contributed by atoms with van der Waals surface area (Å²) < 4.78 is 5.76. The van der Waals surface area contributed by atoms with Crippen LogP contribution in [0.1, 0.15) is 5.56 Å². The van der Waals surface area contributed by atoms with E-state index in [1.54, 1.807) is 12.1 Å². The highest BCUT2D eigenvalue weighted by Crippen LogP contribution is 2.32. The number of aromatic hydroxyl groups is 1. The van der Waals surface area contributed by atoms with Gasteiger partial charge in [0, 0.05) is 10.0 Å². The lowest BCUT2D eigenvalue weighted by molar-refractivity contribution is -0.119. The highest BCUT2D eigenvalue weighted by molar-refractivity contribution is 9.10. The second-order valence-electron chi connectivity index (χ2n) is 3.91. The first-order chi connectivity index (χ1) is 10.0. The predicted octanol–water partition coefficient (Wildman–Crippen LogP) is 1.82. The molecule has 1 aromatic rings. The molecule has 2 N–H and O–H groups in total. The Morgan fingerprint density at radius 2 is 2.29 bits per heavy atom. The number of nitrogens with one attached hydrogen (secondary N) is 1. The van der Waals surface area contributed by atoms with Gasteiger partial charge >= 0.3 is 0 Å². The molecule has 0 aromatic heterocycles. The van der Waals surface area contributed by atoms with Gasteiger partial charge in [0.2, 0.25) is 0 Å². The van der Waals surface area contributed by atoms with Crippen LogP contribution in [0.2, 0.25) is 0 Å². The van der Waals surface area contributed by atoms with E-state index in [-0.39, 0.29) is 11.7 Å². The van der Waals surface area contributed by atoms with Crippen LogP contribution < -0.4 is 10.2 Å². The number of phenolic OH excluding ortho intramolecular Hbond substituents is 1.